The van der Waals surface area contributed by atoms with Gasteiger partial charge in [-0.05, 0) is 29.8 Å². The number of benzene rings is 1. The summed E-state index contributed by atoms with van der Waals surface area (Å²) in [5, 5.41) is 2.76. The topological polar surface area (TPSA) is 24.9 Å². The molecule has 100 valence electrons. The molecule has 0 aliphatic rings. The molecule has 1 aromatic carbocycles. The standard InChI is InChI=1S/C13H10F4N2/c14-11-5-2-6-12(19-11)18-8-9-3-1-4-10(7-9)13(15,16)17/h1-7H,8H2,(H,18,19). The molecule has 0 aliphatic heterocycles. The Bertz CT molecular complexity index is 567. The van der Waals surface area contributed by atoms with Crippen LogP contribution in [0.2, 0.25) is 0 Å². The Morgan fingerprint density at radius 2 is 1.79 bits per heavy atom. The molecule has 0 aliphatic carbocycles. The summed E-state index contributed by atoms with van der Waals surface area (Å²) in [4.78, 5) is 3.56. The van der Waals surface area contributed by atoms with Crippen LogP contribution in [0.5, 0.6) is 0 Å². The fourth-order valence-corrected chi connectivity index (χ4v) is 1.56. The second kappa shape index (κ2) is 5.26. The van der Waals surface area contributed by atoms with E-state index in [0.717, 1.165) is 12.1 Å². The molecular weight excluding hydrogens is 260 g/mol. The third-order valence-electron chi connectivity index (χ3n) is 2.44. The molecule has 0 saturated heterocycles. The predicted molar refractivity (Wildman–Crippen MR) is 63.0 cm³/mol. The van der Waals surface area contributed by atoms with E-state index in [2.05, 4.69) is 10.3 Å². The maximum atomic E-state index is 12.8. The van der Waals surface area contributed by atoms with Crippen LogP contribution in [-0.4, -0.2) is 4.98 Å². The molecular formula is C13H10F4N2. The van der Waals surface area contributed by atoms with Crippen molar-refractivity contribution >= 4 is 5.82 Å². The normalized spacial score (nSPS) is 11.4. The number of hydrogen-bond donors (Lipinski definition) is 1. The minimum Gasteiger partial charge on any atom is -0.366 e. The number of nitrogens with zero attached hydrogens (tertiary/aromatic N) is 1. The van der Waals surface area contributed by atoms with Gasteiger partial charge in [0.25, 0.3) is 0 Å². The van der Waals surface area contributed by atoms with Gasteiger partial charge in [0, 0.05) is 6.54 Å². The minimum absolute atomic E-state index is 0.139. The van der Waals surface area contributed by atoms with E-state index in [9.17, 15) is 17.6 Å². The molecule has 19 heavy (non-hydrogen) atoms. The summed E-state index contributed by atoms with van der Waals surface area (Å²) in [6, 6.07) is 9.14. The van der Waals surface area contributed by atoms with Gasteiger partial charge in [-0.1, -0.05) is 18.2 Å². The van der Waals surface area contributed by atoms with Crippen molar-refractivity contribution in [3.05, 3.63) is 59.5 Å². The zero-order valence-electron chi connectivity index (χ0n) is 9.71. The van der Waals surface area contributed by atoms with E-state index >= 15 is 0 Å². The SMILES string of the molecule is Fc1cccc(NCc2cccc(C(F)(F)F)c2)n1. The van der Waals surface area contributed by atoms with E-state index in [1.807, 2.05) is 0 Å². The lowest BCUT2D eigenvalue weighted by atomic mass is 10.1. The summed E-state index contributed by atoms with van der Waals surface area (Å²) in [5.74, 6) is -0.369. The number of nitrogens with one attached hydrogen (secondary N) is 1. The maximum Gasteiger partial charge on any atom is 0.416 e. The van der Waals surface area contributed by atoms with Crippen molar-refractivity contribution < 1.29 is 17.6 Å². The van der Waals surface area contributed by atoms with Gasteiger partial charge in [-0.3, -0.25) is 0 Å². The van der Waals surface area contributed by atoms with Gasteiger partial charge in [-0.25, -0.2) is 4.98 Å². The molecule has 1 heterocycles. The summed E-state index contributed by atoms with van der Waals surface area (Å²) in [6.07, 6.45) is -4.37. The van der Waals surface area contributed by atoms with Crippen molar-refractivity contribution in [1.29, 1.82) is 0 Å². The van der Waals surface area contributed by atoms with Crippen LogP contribution in [0.25, 0.3) is 0 Å². The number of hydrogen-bond acceptors (Lipinski definition) is 2. The Balaban J connectivity index is 2.08. The van der Waals surface area contributed by atoms with Crippen molar-refractivity contribution in [2.75, 3.05) is 5.32 Å². The summed E-state index contributed by atoms with van der Waals surface area (Å²) in [5.41, 5.74) is -0.264. The van der Waals surface area contributed by atoms with E-state index in [1.165, 1.54) is 24.3 Å². The Morgan fingerprint density at radius 1 is 1.05 bits per heavy atom. The van der Waals surface area contributed by atoms with E-state index in [4.69, 9.17) is 0 Å². The second-order valence-electron chi connectivity index (χ2n) is 3.90. The number of rotatable bonds is 3. The Labute approximate surface area is 107 Å². The van der Waals surface area contributed by atoms with Gasteiger partial charge < -0.3 is 5.32 Å². The Hall–Kier alpha value is -2.11. The molecule has 0 atom stereocenters. The van der Waals surface area contributed by atoms with E-state index in [0.29, 0.717) is 5.56 Å². The van der Waals surface area contributed by atoms with Crippen molar-refractivity contribution in [2.24, 2.45) is 0 Å². The average molecular weight is 270 g/mol. The van der Waals surface area contributed by atoms with Crippen LogP contribution in [0.3, 0.4) is 0 Å². The molecule has 0 unspecified atom stereocenters. The zero-order chi connectivity index (χ0) is 13.9. The van der Waals surface area contributed by atoms with Gasteiger partial charge >= 0.3 is 6.18 Å². The highest BCUT2D eigenvalue weighted by molar-refractivity contribution is 5.36. The summed E-state index contributed by atoms with van der Waals surface area (Å²) >= 11 is 0. The number of aromatic nitrogens is 1. The lowest BCUT2D eigenvalue weighted by Gasteiger charge is -2.09. The van der Waals surface area contributed by atoms with Crippen LogP contribution >= 0.6 is 0 Å². The molecule has 6 heteroatoms. The van der Waals surface area contributed by atoms with Crippen LogP contribution in [0.1, 0.15) is 11.1 Å². The summed E-state index contributed by atoms with van der Waals surface area (Å²) < 4.78 is 50.3. The van der Waals surface area contributed by atoms with Gasteiger partial charge in [-0.15, -0.1) is 0 Å². The Kier molecular flexibility index (Phi) is 3.69. The van der Waals surface area contributed by atoms with Crippen LogP contribution in [-0.2, 0) is 12.7 Å². The highest BCUT2D eigenvalue weighted by Crippen LogP contribution is 2.29. The molecule has 0 amide bonds. The first-order valence-corrected chi connectivity index (χ1v) is 5.48. The van der Waals surface area contributed by atoms with E-state index in [1.54, 1.807) is 6.07 Å². The molecule has 2 aromatic rings. The van der Waals surface area contributed by atoms with E-state index < -0.39 is 17.7 Å². The second-order valence-corrected chi connectivity index (χ2v) is 3.90. The first-order valence-electron chi connectivity index (χ1n) is 5.48. The zero-order valence-corrected chi connectivity index (χ0v) is 9.71. The molecule has 1 N–H and O–H groups in total. The van der Waals surface area contributed by atoms with Crippen LogP contribution in [0.4, 0.5) is 23.4 Å². The van der Waals surface area contributed by atoms with Gasteiger partial charge in [0.15, 0.2) is 0 Å². The monoisotopic (exact) mass is 270 g/mol. The number of pyridine rings is 1. The predicted octanol–water partition coefficient (Wildman–Crippen LogP) is 3.85. The first kappa shape index (κ1) is 13.3. The van der Waals surface area contributed by atoms with Crippen molar-refractivity contribution in [3.63, 3.8) is 0 Å². The van der Waals surface area contributed by atoms with Crippen molar-refractivity contribution in [1.82, 2.24) is 4.98 Å². The molecule has 2 rings (SSSR count). The summed E-state index contributed by atoms with van der Waals surface area (Å²) in [6.45, 7) is 0.139. The highest BCUT2D eigenvalue weighted by atomic mass is 19.4. The third kappa shape index (κ3) is 3.67. The van der Waals surface area contributed by atoms with Crippen molar-refractivity contribution in [3.8, 4) is 0 Å². The quantitative estimate of drug-likeness (QED) is 0.677. The van der Waals surface area contributed by atoms with Crippen LogP contribution in [0.15, 0.2) is 42.5 Å². The fourth-order valence-electron chi connectivity index (χ4n) is 1.56. The van der Waals surface area contributed by atoms with Gasteiger partial charge in [-0.2, -0.15) is 17.6 Å². The fraction of sp³-hybridized carbons (Fsp3) is 0.154. The van der Waals surface area contributed by atoms with Crippen LogP contribution < -0.4 is 5.32 Å². The smallest absolute Gasteiger partial charge is 0.366 e. The highest BCUT2D eigenvalue weighted by Gasteiger charge is 2.30. The average Bonchev–Trinajstić information content (AvgIpc) is 2.36. The molecule has 0 radical (unpaired) electrons. The van der Waals surface area contributed by atoms with Gasteiger partial charge in [0.2, 0.25) is 5.95 Å². The number of halogens is 4. The van der Waals surface area contributed by atoms with Gasteiger partial charge in [0.05, 0.1) is 5.56 Å². The summed E-state index contributed by atoms with van der Waals surface area (Å²) in [7, 11) is 0. The number of anilines is 1. The molecule has 0 fully saturated rings. The molecule has 2 nitrogen and oxygen atoms in total. The maximum absolute atomic E-state index is 12.8. The largest absolute Gasteiger partial charge is 0.416 e. The van der Waals surface area contributed by atoms with Gasteiger partial charge in [0.1, 0.15) is 5.82 Å². The molecule has 0 saturated carbocycles. The number of alkyl halides is 3. The lowest BCUT2D eigenvalue weighted by molar-refractivity contribution is -0.137. The van der Waals surface area contributed by atoms with Crippen molar-refractivity contribution in [2.45, 2.75) is 12.7 Å². The molecule has 0 spiro atoms. The molecule has 1 aromatic heterocycles. The third-order valence-corrected chi connectivity index (χ3v) is 2.44. The first-order chi connectivity index (χ1) is 8.95. The van der Waals surface area contributed by atoms with E-state index in [-0.39, 0.29) is 12.4 Å². The minimum atomic E-state index is -4.37. The van der Waals surface area contributed by atoms with Crippen LogP contribution in [0, 0.1) is 5.95 Å². The lowest BCUT2D eigenvalue weighted by Crippen LogP contribution is -2.07. The molecule has 0 bridgehead atoms. The Morgan fingerprint density at radius 3 is 2.47 bits per heavy atom.